The summed E-state index contributed by atoms with van der Waals surface area (Å²) in [5.74, 6) is 0.196. The molecule has 0 radical (unpaired) electrons. The molecule has 0 unspecified atom stereocenters. The van der Waals surface area contributed by atoms with Crippen molar-refractivity contribution in [1.29, 1.82) is 0 Å². The summed E-state index contributed by atoms with van der Waals surface area (Å²) in [5.41, 5.74) is 0.884. The molecule has 3 rings (SSSR count). The van der Waals surface area contributed by atoms with Gasteiger partial charge in [-0.05, 0) is 43.2 Å². The Kier molecular flexibility index (Phi) is 4.99. The van der Waals surface area contributed by atoms with Crippen molar-refractivity contribution in [2.75, 3.05) is 23.4 Å². The highest BCUT2D eigenvalue weighted by Gasteiger charge is 2.35. The molecule has 25 heavy (non-hydrogen) atoms. The number of nitrogens with zero attached hydrogens (tertiary/aromatic N) is 1. The average molecular weight is 360 g/mol. The standard InChI is InChI=1S/C19H24N2O3S/c1-3-21(18-10-11-25(23,24)13-18)19(22)14(2)20-17-9-8-15-6-4-5-7-16(15)12-17/h4-9,12,14,18,20H,3,10-11,13H2,1-2H3/t14-,18+/m0/s1. The van der Waals surface area contributed by atoms with Crippen molar-refractivity contribution in [3.8, 4) is 0 Å². The Balaban J connectivity index is 1.72. The van der Waals surface area contributed by atoms with Gasteiger partial charge in [-0.25, -0.2) is 8.42 Å². The molecule has 1 aliphatic heterocycles. The van der Waals surface area contributed by atoms with Crippen LogP contribution in [0.4, 0.5) is 5.69 Å². The summed E-state index contributed by atoms with van der Waals surface area (Å²) in [6.07, 6.45) is 0.532. The minimum Gasteiger partial charge on any atom is -0.374 e. The van der Waals surface area contributed by atoms with Crippen LogP contribution in [0.2, 0.25) is 0 Å². The highest BCUT2D eigenvalue weighted by Crippen LogP contribution is 2.21. The van der Waals surface area contributed by atoms with Crippen molar-refractivity contribution in [2.24, 2.45) is 0 Å². The zero-order valence-corrected chi connectivity index (χ0v) is 15.4. The summed E-state index contributed by atoms with van der Waals surface area (Å²) in [7, 11) is -3.01. The lowest BCUT2D eigenvalue weighted by Gasteiger charge is -2.30. The molecular formula is C19H24N2O3S. The van der Waals surface area contributed by atoms with E-state index in [0.29, 0.717) is 13.0 Å². The lowest BCUT2D eigenvalue weighted by Crippen LogP contribution is -2.47. The quantitative estimate of drug-likeness (QED) is 0.890. The van der Waals surface area contributed by atoms with E-state index < -0.39 is 15.9 Å². The molecule has 6 heteroatoms. The number of hydrogen-bond donors (Lipinski definition) is 1. The predicted molar refractivity (Wildman–Crippen MR) is 101 cm³/mol. The first-order valence-electron chi connectivity index (χ1n) is 8.66. The van der Waals surface area contributed by atoms with Crippen LogP contribution in [-0.2, 0) is 14.6 Å². The number of rotatable bonds is 5. The minimum atomic E-state index is -3.01. The Morgan fingerprint density at radius 2 is 1.96 bits per heavy atom. The fourth-order valence-corrected chi connectivity index (χ4v) is 5.19. The maximum atomic E-state index is 12.8. The number of amides is 1. The van der Waals surface area contributed by atoms with Gasteiger partial charge in [-0.1, -0.05) is 30.3 Å². The van der Waals surface area contributed by atoms with Crippen LogP contribution in [-0.4, -0.2) is 49.4 Å². The fourth-order valence-electron chi connectivity index (χ4n) is 3.45. The minimum absolute atomic E-state index is 0.0576. The molecule has 2 atom stereocenters. The lowest BCUT2D eigenvalue weighted by atomic mass is 10.1. The Morgan fingerprint density at radius 3 is 2.60 bits per heavy atom. The summed E-state index contributed by atoms with van der Waals surface area (Å²) >= 11 is 0. The highest BCUT2D eigenvalue weighted by atomic mass is 32.2. The van der Waals surface area contributed by atoms with Crippen LogP contribution in [0.5, 0.6) is 0 Å². The number of sulfone groups is 1. The van der Waals surface area contributed by atoms with Gasteiger partial charge in [-0.15, -0.1) is 0 Å². The summed E-state index contributed by atoms with van der Waals surface area (Å²) in [5, 5.41) is 5.52. The molecule has 0 bridgehead atoms. The van der Waals surface area contributed by atoms with Gasteiger partial charge >= 0.3 is 0 Å². The zero-order chi connectivity index (χ0) is 18.0. The third-order valence-corrected chi connectivity index (χ3v) is 6.53. The van der Waals surface area contributed by atoms with Crippen LogP contribution < -0.4 is 5.32 Å². The van der Waals surface area contributed by atoms with Gasteiger partial charge in [0.15, 0.2) is 9.84 Å². The smallest absolute Gasteiger partial charge is 0.245 e. The molecule has 1 amide bonds. The molecule has 134 valence electrons. The van der Waals surface area contributed by atoms with E-state index in [2.05, 4.69) is 5.32 Å². The molecule has 1 heterocycles. The Labute approximate surface area is 148 Å². The largest absolute Gasteiger partial charge is 0.374 e. The van der Waals surface area contributed by atoms with E-state index in [4.69, 9.17) is 0 Å². The van der Waals surface area contributed by atoms with Crippen LogP contribution in [0.1, 0.15) is 20.3 Å². The molecule has 0 aliphatic carbocycles. The second-order valence-corrected chi connectivity index (χ2v) is 8.84. The first-order chi connectivity index (χ1) is 11.9. The number of nitrogens with one attached hydrogen (secondary N) is 1. The molecule has 0 saturated carbocycles. The summed E-state index contributed by atoms with van der Waals surface area (Å²) in [6.45, 7) is 4.23. The second kappa shape index (κ2) is 7.04. The summed E-state index contributed by atoms with van der Waals surface area (Å²) in [6, 6.07) is 13.5. The van der Waals surface area contributed by atoms with Crippen LogP contribution in [0.25, 0.3) is 10.8 Å². The molecule has 2 aromatic carbocycles. The Bertz CT molecular complexity index is 879. The van der Waals surface area contributed by atoms with Crippen molar-refractivity contribution in [1.82, 2.24) is 4.90 Å². The van der Waals surface area contributed by atoms with Crippen molar-refractivity contribution >= 4 is 32.2 Å². The number of anilines is 1. The maximum absolute atomic E-state index is 12.8. The number of likely N-dealkylation sites (N-methyl/N-ethyl adjacent to an activating group) is 1. The molecule has 1 N–H and O–H groups in total. The van der Waals surface area contributed by atoms with E-state index in [0.717, 1.165) is 16.5 Å². The number of carbonyl (C=O) groups is 1. The fraction of sp³-hybridized carbons (Fsp3) is 0.421. The van der Waals surface area contributed by atoms with Crippen molar-refractivity contribution in [3.05, 3.63) is 42.5 Å². The van der Waals surface area contributed by atoms with E-state index in [-0.39, 0.29) is 23.5 Å². The SMILES string of the molecule is CCN(C(=O)[C@H](C)Nc1ccc2ccccc2c1)[C@@H]1CCS(=O)(=O)C1. The van der Waals surface area contributed by atoms with Crippen LogP contribution in [0, 0.1) is 0 Å². The Morgan fingerprint density at radius 1 is 1.24 bits per heavy atom. The molecule has 0 aromatic heterocycles. The second-order valence-electron chi connectivity index (χ2n) is 6.61. The number of hydrogen-bond acceptors (Lipinski definition) is 4. The number of fused-ring (bicyclic) bond motifs is 1. The van der Waals surface area contributed by atoms with Gasteiger partial charge in [0.1, 0.15) is 6.04 Å². The Hall–Kier alpha value is -2.08. The van der Waals surface area contributed by atoms with E-state index >= 15 is 0 Å². The van der Waals surface area contributed by atoms with Crippen LogP contribution >= 0.6 is 0 Å². The van der Waals surface area contributed by atoms with Gasteiger partial charge in [0.05, 0.1) is 11.5 Å². The molecule has 0 spiro atoms. The first kappa shape index (κ1) is 17.7. The first-order valence-corrected chi connectivity index (χ1v) is 10.5. The van der Waals surface area contributed by atoms with Gasteiger partial charge in [-0.3, -0.25) is 4.79 Å². The van der Waals surface area contributed by atoms with E-state index in [9.17, 15) is 13.2 Å². The molecule has 1 fully saturated rings. The maximum Gasteiger partial charge on any atom is 0.245 e. The van der Waals surface area contributed by atoms with Gasteiger partial charge < -0.3 is 10.2 Å². The van der Waals surface area contributed by atoms with Gasteiger partial charge in [0.2, 0.25) is 5.91 Å². The van der Waals surface area contributed by atoms with Crippen molar-refractivity contribution in [2.45, 2.75) is 32.4 Å². The van der Waals surface area contributed by atoms with E-state index in [1.54, 1.807) is 4.90 Å². The highest BCUT2D eigenvalue weighted by molar-refractivity contribution is 7.91. The average Bonchev–Trinajstić information content (AvgIpc) is 2.95. The summed E-state index contributed by atoms with van der Waals surface area (Å²) in [4.78, 5) is 14.5. The molecular weight excluding hydrogens is 336 g/mol. The third kappa shape index (κ3) is 3.95. The topological polar surface area (TPSA) is 66.5 Å². The molecule has 2 aromatic rings. The van der Waals surface area contributed by atoms with Crippen molar-refractivity contribution < 1.29 is 13.2 Å². The van der Waals surface area contributed by atoms with Gasteiger partial charge in [0, 0.05) is 18.3 Å². The van der Waals surface area contributed by atoms with Gasteiger partial charge in [0.25, 0.3) is 0 Å². The van der Waals surface area contributed by atoms with E-state index in [1.165, 1.54) is 0 Å². The molecule has 1 aliphatic rings. The van der Waals surface area contributed by atoms with Crippen LogP contribution in [0.15, 0.2) is 42.5 Å². The normalized spacial score (nSPS) is 20.3. The monoisotopic (exact) mass is 360 g/mol. The van der Waals surface area contributed by atoms with Gasteiger partial charge in [-0.2, -0.15) is 0 Å². The van der Waals surface area contributed by atoms with Crippen LogP contribution in [0.3, 0.4) is 0 Å². The lowest BCUT2D eigenvalue weighted by molar-refractivity contribution is -0.133. The predicted octanol–water partition coefficient (Wildman–Crippen LogP) is 2.68. The molecule has 1 saturated heterocycles. The number of benzene rings is 2. The number of carbonyl (C=O) groups excluding carboxylic acids is 1. The van der Waals surface area contributed by atoms with E-state index in [1.807, 2.05) is 56.3 Å². The summed E-state index contributed by atoms with van der Waals surface area (Å²) < 4.78 is 23.4. The van der Waals surface area contributed by atoms with Crippen molar-refractivity contribution in [3.63, 3.8) is 0 Å². The zero-order valence-electron chi connectivity index (χ0n) is 14.6. The third-order valence-electron chi connectivity index (χ3n) is 4.78. The molecule has 5 nitrogen and oxygen atoms in total.